The van der Waals surface area contributed by atoms with Crippen molar-refractivity contribution in [2.75, 3.05) is 43.1 Å². The number of aryl methyl sites for hydroxylation is 2. The van der Waals surface area contributed by atoms with E-state index in [-0.39, 0.29) is 12.5 Å². The number of carbonyl (C=O) groups excluding carboxylic acids is 2. The van der Waals surface area contributed by atoms with Gasteiger partial charge >= 0.3 is 5.97 Å². The Kier molecular flexibility index (Phi) is 6.10. The van der Waals surface area contributed by atoms with Crippen LogP contribution < -0.4 is 10.2 Å². The zero-order valence-corrected chi connectivity index (χ0v) is 16.5. The minimum Gasteiger partial charge on any atom is -0.452 e. The molecule has 1 heterocycles. The lowest BCUT2D eigenvalue weighted by Gasteiger charge is -2.28. The summed E-state index contributed by atoms with van der Waals surface area (Å²) in [4.78, 5) is 26.7. The summed E-state index contributed by atoms with van der Waals surface area (Å²) in [5.74, 6) is -0.813. The second-order valence-corrected chi connectivity index (χ2v) is 7.46. The first-order valence-corrected chi connectivity index (χ1v) is 10.2. The minimum absolute atomic E-state index is 0.304. The van der Waals surface area contributed by atoms with Gasteiger partial charge in [-0.05, 0) is 73.2 Å². The number of amides is 1. The van der Waals surface area contributed by atoms with Crippen LogP contribution in [0.5, 0.6) is 0 Å². The largest absolute Gasteiger partial charge is 0.452 e. The van der Waals surface area contributed by atoms with Crippen LogP contribution in [0, 0.1) is 0 Å². The predicted octanol–water partition coefficient (Wildman–Crippen LogP) is 3.20. The molecule has 2 aromatic rings. The van der Waals surface area contributed by atoms with Crippen molar-refractivity contribution >= 4 is 23.3 Å². The molecular weight excluding hydrogens is 368 g/mol. The van der Waals surface area contributed by atoms with Gasteiger partial charge in [-0.3, -0.25) is 4.79 Å². The summed E-state index contributed by atoms with van der Waals surface area (Å²) < 4.78 is 10.6. The van der Waals surface area contributed by atoms with Crippen LogP contribution in [0.25, 0.3) is 0 Å². The number of nitrogens with zero attached hydrogens (tertiary/aromatic N) is 1. The maximum Gasteiger partial charge on any atom is 0.338 e. The Balaban J connectivity index is 1.28. The van der Waals surface area contributed by atoms with Gasteiger partial charge in [0, 0.05) is 24.5 Å². The van der Waals surface area contributed by atoms with Crippen molar-refractivity contribution in [2.45, 2.75) is 25.7 Å². The molecule has 2 aromatic carbocycles. The minimum atomic E-state index is -0.462. The number of benzene rings is 2. The highest BCUT2D eigenvalue weighted by atomic mass is 16.5. The lowest BCUT2D eigenvalue weighted by molar-refractivity contribution is -0.119. The van der Waals surface area contributed by atoms with Crippen molar-refractivity contribution in [3.63, 3.8) is 0 Å². The van der Waals surface area contributed by atoms with Gasteiger partial charge < -0.3 is 19.7 Å². The third-order valence-electron chi connectivity index (χ3n) is 5.45. The lowest BCUT2D eigenvalue weighted by Crippen LogP contribution is -2.36. The number of ether oxygens (including phenoxy) is 2. The maximum absolute atomic E-state index is 12.3. The van der Waals surface area contributed by atoms with E-state index in [4.69, 9.17) is 9.47 Å². The van der Waals surface area contributed by atoms with E-state index >= 15 is 0 Å². The molecule has 0 bridgehead atoms. The molecule has 6 heteroatoms. The van der Waals surface area contributed by atoms with Crippen molar-refractivity contribution in [3.8, 4) is 0 Å². The van der Waals surface area contributed by atoms with Crippen molar-refractivity contribution in [1.29, 1.82) is 0 Å². The van der Waals surface area contributed by atoms with Crippen LogP contribution in [-0.4, -0.2) is 44.8 Å². The van der Waals surface area contributed by atoms with E-state index in [0.29, 0.717) is 11.3 Å². The standard InChI is InChI=1S/C23H26N2O4/c26-22(24-20-7-9-21(10-8-20)25-11-13-28-14-12-25)16-29-23(27)19-6-5-17-3-1-2-4-18(17)15-19/h5-10,15H,1-4,11-14,16H2,(H,24,26). The Morgan fingerprint density at radius 1 is 0.966 bits per heavy atom. The Hall–Kier alpha value is -2.86. The lowest BCUT2D eigenvalue weighted by atomic mass is 9.90. The smallest absolute Gasteiger partial charge is 0.338 e. The summed E-state index contributed by atoms with van der Waals surface area (Å²) >= 11 is 0. The highest BCUT2D eigenvalue weighted by Gasteiger charge is 2.15. The molecule has 1 amide bonds. The van der Waals surface area contributed by atoms with Gasteiger partial charge in [-0.1, -0.05) is 6.07 Å². The monoisotopic (exact) mass is 394 g/mol. The van der Waals surface area contributed by atoms with Gasteiger partial charge in [0.15, 0.2) is 6.61 Å². The molecule has 1 aliphatic heterocycles. The van der Waals surface area contributed by atoms with Gasteiger partial charge in [0.25, 0.3) is 5.91 Å². The van der Waals surface area contributed by atoms with Gasteiger partial charge in [0.2, 0.25) is 0 Å². The fraction of sp³-hybridized carbons (Fsp3) is 0.391. The first-order chi connectivity index (χ1) is 14.2. The topological polar surface area (TPSA) is 67.9 Å². The molecule has 0 saturated carbocycles. The SMILES string of the molecule is O=C(COC(=O)c1ccc2c(c1)CCCC2)Nc1ccc(N2CCOCC2)cc1. The molecule has 0 aromatic heterocycles. The second kappa shape index (κ2) is 9.09. The molecule has 2 aliphatic rings. The Morgan fingerprint density at radius 3 is 2.45 bits per heavy atom. The van der Waals surface area contributed by atoms with E-state index in [9.17, 15) is 9.59 Å². The molecule has 152 valence electrons. The molecule has 0 unspecified atom stereocenters. The van der Waals surface area contributed by atoms with Crippen LogP contribution in [0.15, 0.2) is 42.5 Å². The number of esters is 1. The first-order valence-electron chi connectivity index (χ1n) is 10.2. The van der Waals surface area contributed by atoms with Crippen molar-refractivity contribution in [1.82, 2.24) is 0 Å². The fourth-order valence-electron chi connectivity index (χ4n) is 3.85. The van der Waals surface area contributed by atoms with E-state index in [0.717, 1.165) is 51.3 Å². The second-order valence-electron chi connectivity index (χ2n) is 7.46. The number of morpholine rings is 1. The Labute approximate surface area is 170 Å². The van der Waals surface area contributed by atoms with Crippen molar-refractivity contribution < 1.29 is 19.1 Å². The molecule has 1 saturated heterocycles. The van der Waals surface area contributed by atoms with E-state index in [2.05, 4.69) is 10.2 Å². The number of hydrogen-bond acceptors (Lipinski definition) is 5. The Morgan fingerprint density at radius 2 is 1.69 bits per heavy atom. The highest BCUT2D eigenvalue weighted by molar-refractivity contribution is 5.95. The van der Waals surface area contributed by atoms with Crippen molar-refractivity contribution in [3.05, 3.63) is 59.2 Å². The summed E-state index contributed by atoms with van der Waals surface area (Å²) in [7, 11) is 0. The molecule has 0 spiro atoms. The summed E-state index contributed by atoms with van der Waals surface area (Å²) in [5.41, 5.74) is 4.82. The molecule has 1 N–H and O–H groups in total. The molecule has 29 heavy (non-hydrogen) atoms. The number of anilines is 2. The number of carbonyl (C=O) groups is 2. The average molecular weight is 394 g/mol. The number of hydrogen-bond donors (Lipinski definition) is 1. The number of nitrogens with one attached hydrogen (secondary N) is 1. The van der Waals surface area contributed by atoms with E-state index in [1.807, 2.05) is 36.4 Å². The van der Waals surface area contributed by atoms with Gasteiger partial charge in [0.05, 0.1) is 18.8 Å². The molecular formula is C23H26N2O4. The van der Waals surface area contributed by atoms with Gasteiger partial charge in [0.1, 0.15) is 0 Å². The number of rotatable bonds is 5. The zero-order chi connectivity index (χ0) is 20.1. The van der Waals surface area contributed by atoms with Crippen molar-refractivity contribution in [2.24, 2.45) is 0 Å². The number of fused-ring (bicyclic) bond motifs is 1. The molecule has 1 aliphatic carbocycles. The summed E-state index contributed by atoms with van der Waals surface area (Å²) in [6.07, 6.45) is 4.41. The van der Waals surface area contributed by atoms with E-state index < -0.39 is 5.97 Å². The zero-order valence-electron chi connectivity index (χ0n) is 16.5. The Bertz CT molecular complexity index is 873. The third-order valence-corrected chi connectivity index (χ3v) is 5.45. The third kappa shape index (κ3) is 4.95. The summed E-state index contributed by atoms with van der Waals surface area (Å²) in [6.45, 7) is 2.89. The van der Waals surface area contributed by atoms with Crippen LogP contribution in [0.1, 0.15) is 34.3 Å². The van der Waals surface area contributed by atoms with Crippen LogP contribution >= 0.6 is 0 Å². The highest BCUT2D eigenvalue weighted by Crippen LogP contribution is 2.23. The average Bonchev–Trinajstić information content (AvgIpc) is 2.78. The predicted molar refractivity (Wildman–Crippen MR) is 111 cm³/mol. The van der Waals surface area contributed by atoms with Gasteiger partial charge in [-0.25, -0.2) is 4.79 Å². The summed E-state index contributed by atoms with van der Waals surface area (Å²) in [5, 5.41) is 2.77. The molecule has 6 nitrogen and oxygen atoms in total. The van der Waals surface area contributed by atoms with Crippen LogP contribution in [0.2, 0.25) is 0 Å². The first kappa shape index (κ1) is 19.5. The van der Waals surface area contributed by atoms with E-state index in [1.54, 1.807) is 6.07 Å². The fourth-order valence-corrected chi connectivity index (χ4v) is 3.85. The molecule has 0 radical (unpaired) electrons. The van der Waals surface area contributed by atoms with E-state index in [1.165, 1.54) is 17.5 Å². The molecule has 4 rings (SSSR count). The quantitative estimate of drug-likeness (QED) is 0.789. The van der Waals surface area contributed by atoms with Crippen LogP contribution in [0.3, 0.4) is 0 Å². The molecule has 1 fully saturated rings. The molecule has 0 atom stereocenters. The normalized spacial score (nSPS) is 16.1. The van der Waals surface area contributed by atoms with Gasteiger partial charge in [-0.2, -0.15) is 0 Å². The maximum atomic E-state index is 12.3. The van der Waals surface area contributed by atoms with Crippen LogP contribution in [0.4, 0.5) is 11.4 Å². The van der Waals surface area contributed by atoms with Crippen LogP contribution in [-0.2, 0) is 27.1 Å². The van der Waals surface area contributed by atoms with Gasteiger partial charge in [-0.15, -0.1) is 0 Å². The summed E-state index contributed by atoms with van der Waals surface area (Å²) in [6, 6.07) is 13.3.